The third-order valence-corrected chi connectivity index (χ3v) is 7.31. The van der Waals surface area contributed by atoms with Crippen LogP contribution in [-0.2, 0) is 10.8 Å². The van der Waals surface area contributed by atoms with Gasteiger partial charge in [0.2, 0.25) is 5.78 Å². The van der Waals surface area contributed by atoms with E-state index in [1.807, 2.05) is 25.1 Å². The fourth-order valence-electron chi connectivity index (χ4n) is 4.95. The molecule has 1 unspecified atom stereocenters. The second-order valence-corrected chi connectivity index (χ2v) is 10.8. The highest BCUT2D eigenvalue weighted by molar-refractivity contribution is 6.09. The highest BCUT2D eigenvalue weighted by Gasteiger charge is 2.38. The second kappa shape index (κ2) is 9.29. The third kappa shape index (κ3) is 4.86. The SMILES string of the molecule is C=CCC(NC(=O)c1ccc(C(=O)c2cc3c(cc2C)C(C)(C)CCC3(C)C)o1)c1ccncc1. The summed E-state index contributed by atoms with van der Waals surface area (Å²) in [7, 11) is 0. The summed E-state index contributed by atoms with van der Waals surface area (Å²) in [6, 6.07) is 10.8. The maximum absolute atomic E-state index is 13.5. The lowest BCUT2D eigenvalue weighted by Crippen LogP contribution is -2.34. The highest BCUT2D eigenvalue weighted by atomic mass is 16.4. The molecule has 1 atom stereocenters. The molecule has 2 aromatic heterocycles. The van der Waals surface area contributed by atoms with Gasteiger partial charge in [0.15, 0.2) is 11.5 Å². The molecule has 0 radical (unpaired) electrons. The number of benzene rings is 1. The summed E-state index contributed by atoms with van der Waals surface area (Å²) >= 11 is 0. The van der Waals surface area contributed by atoms with Crippen molar-refractivity contribution in [2.45, 2.75) is 70.8 Å². The predicted octanol–water partition coefficient (Wildman–Crippen LogP) is 6.61. The first-order chi connectivity index (χ1) is 16.5. The van der Waals surface area contributed by atoms with Crippen LogP contribution in [0.4, 0.5) is 0 Å². The topological polar surface area (TPSA) is 72.2 Å². The lowest BCUT2D eigenvalue weighted by atomic mass is 9.62. The number of hydrogen-bond acceptors (Lipinski definition) is 4. The highest BCUT2D eigenvalue weighted by Crippen LogP contribution is 2.46. The summed E-state index contributed by atoms with van der Waals surface area (Å²) in [5.41, 5.74) is 5.07. The number of pyridine rings is 1. The molecule has 1 aliphatic carbocycles. The molecule has 5 nitrogen and oxygen atoms in total. The Morgan fingerprint density at radius 2 is 1.63 bits per heavy atom. The first-order valence-electron chi connectivity index (χ1n) is 12.2. The molecular weight excluding hydrogens is 436 g/mol. The molecule has 1 aromatic carbocycles. The molecule has 1 N–H and O–H groups in total. The van der Waals surface area contributed by atoms with Crippen LogP contribution in [0, 0.1) is 6.92 Å². The van der Waals surface area contributed by atoms with E-state index in [0.29, 0.717) is 12.0 Å². The number of nitrogens with one attached hydrogen (secondary N) is 1. The van der Waals surface area contributed by atoms with E-state index in [2.05, 4.69) is 50.6 Å². The molecule has 2 heterocycles. The number of aryl methyl sites for hydroxylation is 1. The third-order valence-electron chi connectivity index (χ3n) is 7.31. The minimum absolute atomic E-state index is 0.00504. The van der Waals surface area contributed by atoms with E-state index in [9.17, 15) is 9.59 Å². The van der Waals surface area contributed by atoms with Crippen molar-refractivity contribution in [1.82, 2.24) is 10.3 Å². The molecule has 0 spiro atoms. The number of carbonyl (C=O) groups excluding carboxylic acids is 2. The standard InChI is InChI=1S/C30H34N2O3/c1-7-8-24(20-11-15-31-16-12-20)32-28(34)26-10-9-25(35-26)27(33)21-18-23-22(17-19(21)2)29(3,4)13-14-30(23,5)6/h7,9-12,15-18,24H,1,8,13-14H2,2-6H3,(H,32,34). The van der Waals surface area contributed by atoms with Crippen LogP contribution in [0.3, 0.4) is 0 Å². The van der Waals surface area contributed by atoms with Gasteiger partial charge < -0.3 is 9.73 Å². The number of rotatable bonds is 7. The van der Waals surface area contributed by atoms with Crippen LogP contribution in [0.2, 0.25) is 0 Å². The Morgan fingerprint density at radius 3 is 2.26 bits per heavy atom. The van der Waals surface area contributed by atoms with Crippen LogP contribution in [0.25, 0.3) is 0 Å². The second-order valence-electron chi connectivity index (χ2n) is 10.8. The van der Waals surface area contributed by atoms with Gasteiger partial charge in [0.25, 0.3) is 5.91 Å². The molecule has 182 valence electrons. The molecule has 0 saturated carbocycles. The molecule has 0 saturated heterocycles. The molecule has 4 rings (SSSR count). The maximum Gasteiger partial charge on any atom is 0.287 e. The molecule has 0 aliphatic heterocycles. The number of fused-ring (bicyclic) bond motifs is 1. The van der Waals surface area contributed by atoms with E-state index in [-0.39, 0.29) is 40.1 Å². The van der Waals surface area contributed by atoms with E-state index in [4.69, 9.17) is 4.42 Å². The van der Waals surface area contributed by atoms with Crippen LogP contribution in [0.5, 0.6) is 0 Å². The quantitative estimate of drug-likeness (QED) is 0.311. The average Bonchev–Trinajstić information content (AvgIpc) is 3.32. The van der Waals surface area contributed by atoms with E-state index >= 15 is 0 Å². The monoisotopic (exact) mass is 470 g/mol. The van der Waals surface area contributed by atoms with Gasteiger partial charge in [-0.1, -0.05) is 39.8 Å². The lowest BCUT2D eigenvalue weighted by Gasteiger charge is -2.42. The van der Waals surface area contributed by atoms with Gasteiger partial charge >= 0.3 is 0 Å². The zero-order chi connectivity index (χ0) is 25.4. The summed E-state index contributed by atoms with van der Waals surface area (Å²) in [5, 5.41) is 2.97. The number of amides is 1. The summed E-state index contributed by atoms with van der Waals surface area (Å²) < 4.78 is 5.77. The number of nitrogens with zero attached hydrogens (tertiary/aromatic N) is 1. The van der Waals surface area contributed by atoms with Crippen molar-refractivity contribution in [1.29, 1.82) is 0 Å². The van der Waals surface area contributed by atoms with Gasteiger partial charge in [0, 0.05) is 18.0 Å². The van der Waals surface area contributed by atoms with Crippen LogP contribution in [-0.4, -0.2) is 16.7 Å². The molecule has 5 heteroatoms. The summed E-state index contributed by atoms with van der Waals surface area (Å²) in [5.74, 6) is -0.318. The molecule has 1 amide bonds. The lowest BCUT2D eigenvalue weighted by molar-refractivity contribution is 0.0903. The van der Waals surface area contributed by atoms with Crippen LogP contribution in [0.15, 0.2) is 65.9 Å². The van der Waals surface area contributed by atoms with Crippen molar-refractivity contribution in [2.75, 3.05) is 0 Å². The number of carbonyl (C=O) groups is 2. The largest absolute Gasteiger partial charge is 0.447 e. The Kier molecular flexibility index (Phi) is 6.54. The van der Waals surface area contributed by atoms with Crippen LogP contribution in [0.1, 0.15) is 102 Å². The van der Waals surface area contributed by atoms with Crippen LogP contribution >= 0.6 is 0 Å². The number of aromatic nitrogens is 1. The van der Waals surface area contributed by atoms with Crippen molar-refractivity contribution in [3.05, 3.63) is 101 Å². The van der Waals surface area contributed by atoms with E-state index in [1.54, 1.807) is 30.6 Å². The fourth-order valence-corrected chi connectivity index (χ4v) is 4.95. The molecule has 1 aliphatic rings. The number of furan rings is 1. The number of hydrogen-bond donors (Lipinski definition) is 1. The van der Waals surface area contributed by atoms with Gasteiger partial charge in [0.05, 0.1) is 6.04 Å². The van der Waals surface area contributed by atoms with Gasteiger partial charge in [-0.3, -0.25) is 14.6 Å². The van der Waals surface area contributed by atoms with E-state index < -0.39 is 0 Å². The minimum Gasteiger partial charge on any atom is -0.447 e. The maximum atomic E-state index is 13.5. The van der Waals surface area contributed by atoms with Gasteiger partial charge in [-0.15, -0.1) is 6.58 Å². The number of ketones is 1. The molecular formula is C30H34N2O3. The summed E-state index contributed by atoms with van der Waals surface area (Å²) in [4.78, 5) is 30.4. The van der Waals surface area contributed by atoms with Crippen molar-refractivity contribution >= 4 is 11.7 Å². The van der Waals surface area contributed by atoms with Crippen molar-refractivity contribution in [3.63, 3.8) is 0 Å². The zero-order valence-electron chi connectivity index (χ0n) is 21.3. The summed E-state index contributed by atoms with van der Waals surface area (Å²) in [6.45, 7) is 14.8. The normalized spacial score (nSPS) is 16.7. The molecule has 3 aromatic rings. The first-order valence-corrected chi connectivity index (χ1v) is 12.2. The Labute approximate surface area is 207 Å². The Morgan fingerprint density at radius 1 is 1.03 bits per heavy atom. The average molecular weight is 471 g/mol. The van der Waals surface area contributed by atoms with Crippen molar-refractivity contribution in [3.8, 4) is 0 Å². The smallest absolute Gasteiger partial charge is 0.287 e. The van der Waals surface area contributed by atoms with E-state index in [0.717, 1.165) is 24.0 Å². The van der Waals surface area contributed by atoms with Gasteiger partial charge in [0.1, 0.15) is 0 Å². The fraction of sp³-hybridized carbons (Fsp3) is 0.367. The van der Waals surface area contributed by atoms with Gasteiger partial charge in [-0.05, 0) is 89.6 Å². The van der Waals surface area contributed by atoms with Gasteiger partial charge in [-0.2, -0.15) is 0 Å². The van der Waals surface area contributed by atoms with Gasteiger partial charge in [-0.25, -0.2) is 0 Å². The summed E-state index contributed by atoms with van der Waals surface area (Å²) in [6.07, 6.45) is 7.86. The van der Waals surface area contributed by atoms with Crippen molar-refractivity contribution < 1.29 is 14.0 Å². The Bertz CT molecular complexity index is 1270. The molecule has 0 fully saturated rings. The van der Waals surface area contributed by atoms with Crippen LogP contribution < -0.4 is 5.32 Å². The predicted molar refractivity (Wildman–Crippen MR) is 138 cm³/mol. The molecule has 0 bridgehead atoms. The Hall–Kier alpha value is -3.47. The van der Waals surface area contributed by atoms with Crippen molar-refractivity contribution in [2.24, 2.45) is 0 Å². The molecule has 35 heavy (non-hydrogen) atoms. The minimum atomic E-state index is -0.377. The Balaban J connectivity index is 1.60. The zero-order valence-corrected chi connectivity index (χ0v) is 21.3. The van der Waals surface area contributed by atoms with E-state index in [1.165, 1.54) is 11.1 Å². The first kappa shape index (κ1) is 24.6.